The van der Waals surface area contributed by atoms with Gasteiger partial charge in [0, 0.05) is 12.1 Å². The third-order valence-electron chi connectivity index (χ3n) is 2.27. The SMILES string of the molecule is NCc1cc(F)c(-c2noc(C(F)(F)Cl)n2)cc1F. The summed E-state index contributed by atoms with van der Waals surface area (Å²) in [4.78, 5) is 3.21. The van der Waals surface area contributed by atoms with Gasteiger partial charge < -0.3 is 10.3 Å². The molecule has 0 fully saturated rings. The third kappa shape index (κ3) is 2.69. The molecule has 1 aromatic heterocycles. The lowest BCUT2D eigenvalue weighted by Crippen LogP contribution is -2.04. The number of aromatic nitrogens is 2. The van der Waals surface area contributed by atoms with E-state index in [2.05, 4.69) is 26.3 Å². The number of hydrogen-bond donors (Lipinski definition) is 1. The van der Waals surface area contributed by atoms with Gasteiger partial charge in [0.2, 0.25) is 5.82 Å². The van der Waals surface area contributed by atoms with Gasteiger partial charge in [-0.2, -0.15) is 13.8 Å². The molecule has 0 radical (unpaired) electrons. The number of rotatable bonds is 3. The molecule has 4 nitrogen and oxygen atoms in total. The number of nitrogens with two attached hydrogens (primary N) is 1. The molecule has 102 valence electrons. The monoisotopic (exact) mass is 295 g/mol. The zero-order valence-electron chi connectivity index (χ0n) is 9.13. The summed E-state index contributed by atoms with van der Waals surface area (Å²) in [5.74, 6) is -3.45. The van der Waals surface area contributed by atoms with Crippen LogP contribution in [0.4, 0.5) is 17.6 Å². The summed E-state index contributed by atoms with van der Waals surface area (Å²) in [7, 11) is 0. The van der Waals surface area contributed by atoms with Crippen LogP contribution in [0.3, 0.4) is 0 Å². The van der Waals surface area contributed by atoms with E-state index in [9.17, 15) is 17.6 Å². The van der Waals surface area contributed by atoms with Gasteiger partial charge in [0.15, 0.2) is 0 Å². The van der Waals surface area contributed by atoms with Crippen molar-refractivity contribution in [3.63, 3.8) is 0 Å². The molecule has 0 aliphatic rings. The van der Waals surface area contributed by atoms with Crippen LogP contribution in [0.2, 0.25) is 0 Å². The molecular formula is C10H6ClF4N3O. The van der Waals surface area contributed by atoms with Crippen LogP contribution < -0.4 is 5.73 Å². The van der Waals surface area contributed by atoms with Crippen LogP contribution in [-0.2, 0) is 11.9 Å². The van der Waals surface area contributed by atoms with Crippen molar-refractivity contribution < 1.29 is 22.1 Å². The standard InChI is InChI=1S/C10H6ClF4N3O/c11-10(14,15)9-17-8(18-19-9)5-2-6(12)4(3-16)1-7(5)13/h1-2H,3,16H2. The van der Waals surface area contributed by atoms with Crippen LogP contribution in [0.25, 0.3) is 11.4 Å². The minimum Gasteiger partial charge on any atom is -0.331 e. The van der Waals surface area contributed by atoms with Gasteiger partial charge in [-0.15, -0.1) is 0 Å². The van der Waals surface area contributed by atoms with Crippen molar-refractivity contribution in [2.24, 2.45) is 5.73 Å². The number of nitrogens with zero attached hydrogens (tertiary/aromatic N) is 2. The zero-order valence-corrected chi connectivity index (χ0v) is 9.89. The number of halogens is 5. The molecule has 0 amide bonds. The first-order chi connectivity index (χ1) is 8.82. The van der Waals surface area contributed by atoms with E-state index in [0.29, 0.717) is 0 Å². The Bertz CT molecular complexity index is 611. The van der Waals surface area contributed by atoms with Crippen molar-refractivity contribution in [1.29, 1.82) is 0 Å². The molecular weight excluding hydrogens is 290 g/mol. The van der Waals surface area contributed by atoms with E-state index < -0.39 is 34.3 Å². The molecule has 0 saturated carbocycles. The Morgan fingerprint density at radius 2 is 1.95 bits per heavy atom. The largest absolute Gasteiger partial charge is 0.400 e. The second kappa shape index (κ2) is 4.78. The normalized spacial score (nSPS) is 11.9. The summed E-state index contributed by atoms with van der Waals surface area (Å²) < 4.78 is 56.6. The van der Waals surface area contributed by atoms with E-state index in [0.717, 1.165) is 12.1 Å². The highest BCUT2D eigenvalue weighted by atomic mass is 35.5. The Labute approximate surface area is 109 Å². The molecule has 0 spiro atoms. The molecule has 0 aliphatic heterocycles. The quantitative estimate of drug-likeness (QED) is 0.698. The minimum atomic E-state index is -3.88. The van der Waals surface area contributed by atoms with Crippen molar-refractivity contribution in [2.75, 3.05) is 0 Å². The summed E-state index contributed by atoms with van der Waals surface area (Å²) in [5.41, 5.74) is 4.71. The molecule has 0 bridgehead atoms. The van der Waals surface area contributed by atoms with E-state index in [1.165, 1.54) is 0 Å². The predicted octanol–water partition coefficient (Wildman–Crippen LogP) is 2.76. The molecule has 0 unspecified atom stereocenters. The summed E-state index contributed by atoms with van der Waals surface area (Å²) in [6.07, 6.45) is 0. The highest BCUT2D eigenvalue weighted by Crippen LogP contribution is 2.32. The average molecular weight is 296 g/mol. The molecule has 2 rings (SSSR count). The second-order valence-corrected chi connectivity index (χ2v) is 4.02. The van der Waals surface area contributed by atoms with Crippen LogP contribution in [0, 0.1) is 11.6 Å². The van der Waals surface area contributed by atoms with Gasteiger partial charge in [-0.1, -0.05) is 5.16 Å². The van der Waals surface area contributed by atoms with Crippen LogP contribution in [0.15, 0.2) is 16.7 Å². The van der Waals surface area contributed by atoms with E-state index >= 15 is 0 Å². The Hall–Kier alpha value is -1.67. The molecule has 2 N–H and O–H groups in total. The van der Waals surface area contributed by atoms with E-state index in [1.54, 1.807) is 0 Å². The Kier molecular flexibility index (Phi) is 3.46. The van der Waals surface area contributed by atoms with E-state index in [1.807, 2.05) is 0 Å². The average Bonchev–Trinajstić information content (AvgIpc) is 2.80. The highest BCUT2D eigenvalue weighted by Gasteiger charge is 2.36. The molecule has 0 aliphatic carbocycles. The smallest absolute Gasteiger partial charge is 0.331 e. The molecule has 1 aromatic carbocycles. The Morgan fingerprint density at radius 3 is 2.47 bits per heavy atom. The Balaban J connectivity index is 2.48. The third-order valence-corrected chi connectivity index (χ3v) is 2.43. The summed E-state index contributed by atoms with van der Waals surface area (Å²) >= 11 is 4.66. The molecule has 0 atom stereocenters. The van der Waals surface area contributed by atoms with E-state index in [4.69, 9.17) is 5.73 Å². The number of hydrogen-bond acceptors (Lipinski definition) is 4. The summed E-state index contributed by atoms with van der Waals surface area (Å²) in [6, 6.07) is 1.58. The zero-order chi connectivity index (χ0) is 14.2. The van der Waals surface area contributed by atoms with Crippen LogP contribution >= 0.6 is 11.6 Å². The molecule has 9 heteroatoms. The topological polar surface area (TPSA) is 64.9 Å². The maximum Gasteiger partial charge on any atom is 0.400 e. The van der Waals surface area contributed by atoms with Gasteiger partial charge in [-0.25, -0.2) is 8.78 Å². The first-order valence-corrected chi connectivity index (χ1v) is 5.30. The first kappa shape index (κ1) is 13.8. The molecule has 2 aromatic rings. The number of benzene rings is 1. The van der Waals surface area contributed by atoms with E-state index in [-0.39, 0.29) is 12.1 Å². The van der Waals surface area contributed by atoms with Gasteiger partial charge >= 0.3 is 11.3 Å². The second-order valence-electron chi connectivity index (χ2n) is 3.55. The van der Waals surface area contributed by atoms with Crippen molar-refractivity contribution in [3.05, 3.63) is 35.2 Å². The van der Waals surface area contributed by atoms with Crippen LogP contribution in [-0.4, -0.2) is 10.1 Å². The number of alkyl halides is 3. The molecule has 19 heavy (non-hydrogen) atoms. The lowest BCUT2D eigenvalue weighted by Gasteiger charge is -2.03. The highest BCUT2D eigenvalue weighted by molar-refractivity contribution is 6.21. The Morgan fingerprint density at radius 1 is 1.26 bits per heavy atom. The lowest BCUT2D eigenvalue weighted by atomic mass is 10.1. The lowest BCUT2D eigenvalue weighted by molar-refractivity contribution is 0.0551. The predicted molar refractivity (Wildman–Crippen MR) is 57.3 cm³/mol. The fourth-order valence-electron chi connectivity index (χ4n) is 1.36. The molecule has 1 heterocycles. The fraction of sp³-hybridized carbons (Fsp3) is 0.200. The fourth-order valence-corrected chi connectivity index (χ4v) is 1.44. The maximum absolute atomic E-state index is 13.6. The van der Waals surface area contributed by atoms with Crippen LogP contribution in [0.1, 0.15) is 11.5 Å². The van der Waals surface area contributed by atoms with Gasteiger partial charge in [0.1, 0.15) is 11.6 Å². The van der Waals surface area contributed by atoms with Crippen molar-refractivity contribution in [3.8, 4) is 11.4 Å². The summed E-state index contributed by atoms with van der Waals surface area (Å²) in [6.45, 7) is -0.208. The van der Waals surface area contributed by atoms with Gasteiger partial charge in [0.05, 0.1) is 5.56 Å². The van der Waals surface area contributed by atoms with Crippen molar-refractivity contribution >= 4 is 11.6 Å². The summed E-state index contributed by atoms with van der Waals surface area (Å²) in [5, 5.41) is -0.756. The van der Waals surface area contributed by atoms with Gasteiger partial charge in [-0.3, -0.25) is 0 Å². The van der Waals surface area contributed by atoms with Gasteiger partial charge in [-0.05, 0) is 23.7 Å². The first-order valence-electron chi connectivity index (χ1n) is 4.92. The minimum absolute atomic E-state index is 0.0624. The van der Waals surface area contributed by atoms with Gasteiger partial charge in [0.25, 0.3) is 0 Å². The van der Waals surface area contributed by atoms with Crippen molar-refractivity contribution in [1.82, 2.24) is 10.1 Å². The maximum atomic E-state index is 13.6. The molecule has 0 saturated heterocycles. The van der Waals surface area contributed by atoms with Crippen molar-refractivity contribution in [2.45, 2.75) is 11.9 Å². The van der Waals surface area contributed by atoms with Crippen LogP contribution in [0.5, 0.6) is 0 Å².